The van der Waals surface area contributed by atoms with Crippen molar-refractivity contribution in [3.05, 3.63) is 0 Å². The monoisotopic (exact) mass is 161 g/mol. The van der Waals surface area contributed by atoms with E-state index in [1.54, 1.807) is 28.1 Å². The van der Waals surface area contributed by atoms with E-state index in [2.05, 4.69) is 5.32 Å². The quantitative estimate of drug-likeness (QED) is 0.538. The fourth-order valence-corrected chi connectivity index (χ4v) is 0.324. The number of rotatable bonds is 2. The zero-order chi connectivity index (χ0) is 9.07. The Kier molecular flexibility index (Phi) is 3.28. The van der Waals surface area contributed by atoms with E-state index < -0.39 is 11.9 Å². The van der Waals surface area contributed by atoms with E-state index in [0.717, 1.165) is 0 Å². The van der Waals surface area contributed by atoms with E-state index in [9.17, 15) is 4.79 Å². The summed E-state index contributed by atoms with van der Waals surface area (Å²) in [6.07, 6.45) is -0.468. The van der Waals surface area contributed by atoms with E-state index in [1.165, 1.54) is 4.90 Å². The smallest absolute Gasteiger partial charge is 0.411 e. The van der Waals surface area contributed by atoms with Crippen molar-refractivity contribution in [3.63, 3.8) is 0 Å². The largest absolute Gasteiger partial charge is 0.415 e. The van der Waals surface area contributed by atoms with Crippen LogP contribution in [0.25, 0.3) is 0 Å². The van der Waals surface area contributed by atoms with Crippen molar-refractivity contribution in [1.82, 2.24) is 10.2 Å². The van der Waals surface area contributed by atoms with Gasteiger partial charge in [-0.15, -0.1) is 0 Å². The molecule has 0 bridgehead atoms. The van der Waals surface area contributed by atoms with E-state index in [0.29, 0.717) is 0 Å². The van der Waals surface area contributed by atoms with Gasteiger partial charge in [0, 0.05) is 21.0 Å². The minimum Gasteiger partial charge on any atom is -0.415 e. The van der Waals surface area contributed by atoms with Crippen LogP contribution >= 0.6 is 0 Å². The van der Waals surface area contributed by atoms with Crippen LogP contribution in [0.2, 0.25) is 0 Å². The summed E-state index contributed by atoms with van der Waals surface area (Å²) in [7, 11) is 4.80. The molecule has 5 heteroatoms. The van der Waals surface area contributed by atoms with Crippen LogP contribution in [0.5, 0.6) is 0 Å². The zero-order valence-electron chi connectivity index (χ0n) is 7.34. The summed E-state index contributed by atoms with van der Waals surface area (Å²) in [5, 5.41) is 2.64. The average molecular weight is 161 g/mol. The molecule has 0 rings (SSSR count). The number of nitrogens with two attached hydrogens (primary N) is 1. The highest BCUT2D eigenvalue weighted by Gasteiger charge is 2.21. The predicted octanol–water partition coefficient (Wildman–Crippen LogP) is -0.464. The molecular weight excluding hydrogens is 146 g/mol. The molecule has 0 aliphatic carbocycles. The Bertz CT molecular complexity index is 145. The molecule has 0 unspecified atom stereocenters. The topological polar surface area (TPSA) is 67.6 Å². The highest BCUT2D eigenvalue weighted by molar-refractivity contribution is 5.67. The van der Waals surface area contributed by atoms with Crippen LogP contribution in [0, 0.1) is 0 Å². The molecule has 0 aromatic heterocycles. The molecule has 1 atom stereocenters. The van der Waals surface area contributed by atoms with Crippen LogP contribution in [-0.2, 0) is 4.74 Å². The average Bonchev–Trinajstić information content (AvgIpc) is 1.87. The molecule has 0 fully saturated rings. The van der Waals surface area contributed by atoms with Gasteiger partial charge in [0.15, 0.2) is 0 Å². The Hall–Kier alpha value is -0.810. The molecule has 3 N–H and O–H groups in total. The van der Waals surface area contributed by atoms with Gasteiger partial charge in [0.05, 0.1) is 0 Å². The van der Waals surface area contributed by atoms with Crippen LogP contribution in [0.3, 0.4) is 0 Å². The zero-order valence-corrected chi connectivity index (χ0v) is 7.34. The first kappa shape index (κ1) is 10.2. The number of carbonyl (C=O) groups excluding carboxylic acids is 1. The Morgan fingerprint density at radius 1 is 1.64 bits per heavy atom. The molecule has 0 spiro atoms. The fourth-order valence-electron chi connectivity index (χ4n) is 0.324. The second-order valence-corrected chi connectivity index (χ2v) is 2.62. The Morgan fingerprint density at radius 3 is 2.36 bits per heavy atom. The maximum absolute atomic E-state index is 10.9. The molecule has 11 heavy (non-hydrogen) atoms. The van der Waals surface area contributed by atoms with Gasteiger partial charge in [0.1, 0.15) is 0 Å². The lowest BCUT2D eigenvalue weighted by molar-refractivity contribution is -0.00499. The molecule has 5 nitrogen and oxygen atoms in total. The minimum atomic E-state index is -1.10. The summed E-state index contributed by atoms with van der Waals surface area (Å²) in [4.78, 5) is 12.2. The first-order valence-electron chi connectivity index (χ1n) is 3.27. The van der Waals surface area contributed by atoms with Gasteiger partial charge in [0.2, 0.25) is 5.85 Å². The number of carbonyl (C=O) groups is 1. The van der Waals surface area contributed by atoms with Crippen LogP contribution < -0.4 is 11.1 Å². The van der Waals surface area contributed by atoms with Gasteiger partial charge in [-0.3, -0.25) is 11.1 Å². The van der Waals surface area contributed by atoms with Gasteiger partial charge in [-0.05, 0) is 7.05 Å². The molecule has 0 saturated heterocycles. The lowest BCUT2D eigenvalue weighted by Gasteiger charge is -2.25. The molecule has 0 aliphatic rings. The van der Waals surface area contributed by atoms with Gasteiger partial charge < -0.3 is 9.64 Å². The maximum atomic E-state index is 10.9. The van der Waals surface area contributed by atoms with Crippen molar-refractivity contribution < 1.29 is 9.53 Å². The number of hydrogen-bond acceptors (Lipinski definition) is 4. The first-order chi connectivity index (χ1) is 4.89. The van der Waals surface area contributed by atoms with Crippen LogP contribution in [0.4, 0.5) is 4.79 Å². The summed E-state index contributed by atoms with van der Waals surface area (Å²) >= 11 is 0. The normalized spacial score (nSPS) is 15.4. The SMILES string of the molecule is CN[C@@](C)(N)OC(=O)N(C)C. The molecular formula is C6H15N3O2. The van der Waals surface area contributed by atoms with Crippen molar-refractivity contribution >= 4 is 6.09 Å². The number of amides is 1. The number of nitrogens with one attached hydrogen (secondary N) is 1. The third-order valence-corrected chi connectivity index (χ3v) is 1.16. The fraction of sp³-hybridized carbons (Fsp3) is 0.833. The van der Waals surface area contributed by atoms with Crippen LogP contribution in [-0.4, -0.2) is 38.0 Å². The Labute approximate surface area is 66.5 Å². The lowest BCUT2D eigenvalue weighted by atomic mass is 10.5. The second-order valence-electron chi connectivity index (χ2n) is 2.62. The van der Waals surface area contributed by atoms with Gasteiger partial charge in [-0.1, -0.05) is 0 Å². The number of ether oxygens (including phenoxy) is 1. The molecule has 0 aromatic carbocycles. The minimum absolute atomic E-state index is 0.468. The standard InChI is InChI=1S/C6H15N3O2/c1-6(7,8-2)11-5(10)9(3)4/h8H,7H2,1-4H3/t6-/m1/s1. The highest BCUT2D eigenvalue weighted by atomic mass is 16.6. The molecule has 0 saturated carbocycles. The number of nitrogens with zero attached hydrogens (tertiary/aromatic N) is 1. The number of hydrogen-bond donors (Lipinski definition) is 2. The third kappa shape index (κ3) is 3.79. The van der Waals surface area contributed by atoms with Crippen LogP contribution in [0.1, 0.15) is 6.92 Å². The van der Waals surface area contributed by atoms with E-state index in [-0.39, 0.29) is 0 Å². The van der Waals surface area contributed by atoms with E-state index in [1.807, 2.05) is 0 Å². The summed E-state index contributed by atoms with van der Waals surface area (Å²) in [5.41, 5.74) is 5.47. The van der Waals surface area contributed by atoms with Crippen molar-refractivity contribution in [3.8, 4) is 0 Å². The lowest BCUT2D eigenvalue weighted by Crippen LogP contribution is -2.53. The van der Waals surface area contributed by atoms with Crippen molar-refractivity contribution in [2.45, 2.75) is 12.8 Å². The molecule has 66 valence electrons. The summed E-state index contributed by atoms with van der Waals surface area (Å²) in [6, 6.07) is 0. The predicted molar refractivity (Wildman–Crippen MR) is 41.8 cm³/mol. The molecule has 0 heterocycles. The summed E-state index contributed by atoms with van der Waals surface area (Å²) in [6.45, 7) is 1.56. The summed E-state index contributed by atoms with van der Waals surface area (Å²) < 4.78 is 4.80. The summed E-state index contributed by atoms with van der Waals surface area (Å²) in [5.74, 6) is -1.10. The molecule has 0 aromatic rings. The van der Waals surface area contributed by atoms with Crippen molar-refractivity contribution in [2.24, 2.45) is 5.73 Å². The van der Waals surface area contributed by atoms with E-state index in [4.69, 9.17) is 10.5 Å². The third-order valence-electron chi connectivity index (χ3n) is 1.16. The van der Waals surface area contributed by atoms with E-state index >= 15 is 0 Å². The van der Waals surface area contributed by atoms with Gasteiger partial charge in [0.25, 0.3) is 0 Å². The maximum Gasteiger partial charge on any atom is 0.411 e. The molecule has 0 aliphatic heterocycles. The van der Waals surface area contributed by atoms with Gasteiger partial charge >= 0.3 is 6.09 Å². The van der Waals surface area contributed by atoms with Gasteiger partial charge in [-0.2, -0.15) is 0 Å². The van der Waals surface area contributed by atoms with Crippen molar-refractivity contribution in [1.29, 1.82) is 0 Å². The van der Waals surface area contributed by atoms with Gasteiger partial charge in [-0.25, -0.2) is 4.79 Å². The van der Waals surface area contributed by atoms with Crippen molar-refractivity contribution in [2.75, 3.05) is 21.1 Å². The Balaban J connectivity index is 3.94. The van der Waals surface area contributed by atoms with Crippen LogP contribution in [0.15, 0.2) is 0 Å². The molecule has 0 radical (unpaired) electrons. The highest BCUT2D eigenvalue weighted by Crippen LogP contribution is 1.97. The Morgan fingerprint density at radius 2 is 2.09 bits per heavy atom. The molecule has 1 amide bonds. The first-order valence-corrected chi connectivity index (χ1v) is 3.27. The second kappa shape index (κ2) is 3.54.